The molecule has 0 amide bonds. The van der Waals surface area contributed by atoms with Crippen LogP contribution in [-0.4, -0.2) is 11.0 Å². The zero-order valence-corrected chi connectivity index (χ0v) is 9.89. The predicted molar refractivity (Wildman–Crippen MR) is 62.1 cm³/mol. The molecule has 0 unspecified atom stereocenters. The Bertz CT molecular complexity index is 308. The second-order valence-corrected chi connectivity index (χ2v) is 4.37. The van der Waals surface area contributed by atoms with Crippen molar-refractivity contribution in [1.82, 2.24) is 4.98 Å². The Morgan fingerprint density at radius 2 is 1.93 bits per heavy atom. The molecule has 1 aromatic heterocycles. The third-order valence-electron chi connectivity index (χ3n) is 1.96. The van der Waals surface area contributed by atoms with Gasteiger partial charge in [-0.05, 0) is 25.8 Å². The minimum absolute atomic E-state index is 0.387. The summed E-state index contributed by atoms with van der Waals surface area (Å²) >= 11 is 6.06. The Labute approximate surface area is 90.7 Å². The number of hydrogen-bond acceptors (Lipinski definition) is 2. The van der Waals surface area contributed by atoms with Crippen molar-refractivity contribution in [3.63, 3.8) is 0 Å². The standard InChI is InChI=1S/C11H17ClN2/c1-7(2)10-9(14-8(3)4)5-6-13-11(10)12/h5-8H,1-4H3,(H,13,14). The second-order valence-electron chi connectivity index (χ2n) is 4.02. The highest BCUT2D eigenvalue weighted by atomic mass is 35.5. The number of aromatic nitrogens is 1. The van der Waals surface area contributed by atoms with Gasteiger partial charge in [-0.15, -0.1) is 0 Å². The first kappa shape index (κ1) is 11.3. The monoisotopic (exact) mass is 212 g/mol. The van der Waals surface area contributed by atoms with Crippen molar-refractivity contribution in [3.05, 3.63) is 23.0 Å². The van der Waals surface area contributed by atoms with E-state index in [0.29, 0.717) is 17.1 Å². The average Bonchev–Trinajstić information content (AvgIpc) is 2.01. The smallest absolute Gasteiger partial charge is 0.134 e. The number of halogens is 1. The summed E-state index contributed by atoms with van der Waals surface area (Å²) in [7, 11) is 0. The summed E-state index contributed by atoms with van der Waals surface area (Å²) in [4.78, 5) is 4.09. The van der Waals surface area contributed by atoms with Crippen molar-refractivity contribution in [2.45, 2.75) is 39.7 Å². The van der Waals surface area contributed by atoms with E-state index >= 15 is 0 Å². The summed E-state index contributed by atoms with van der Waals surface area (Å²) in [6.45, 7) is 8.46. The zero-order chi connectivity index (χ0) is 10.7. The Hall–Kier alpha value is -0.760. The SMILES string of the molecule is CC(C)Nc1ccnc(Cl)c1C(C)C. The van der Waals surface area contributed by atoms with Gasteiger partial charge >= 0.3 is 0 Å². The fourth-order valence-electron chi connectivity index (χ4n) is 1.43. The fraction of sp³-hybridized carbons (Fsp3) is 0.545. The summed E-state index contributed by atoms with van der Waals surface area (Å²) in [5.74, 6) is 0.387. The molecular formula is C11H17ClN2. The van der Waals surface area contributed by atoms with Crippen LogP contribution in [0, 0.1) is 0 Å². The van der Waals surface area contributed by atoms with Crippen molar-refractivity contribution in [2.75, 3.05) is 5.32 Å². The molecule has 0 aliphatic rings. The molecule has 0 saturated heterocycles. The molecule has 1 heterocycles. The Morgan fingerprint density at radius 3 is 2.43 bits per heavy atom. The van der Waals surface area contributed by atoms with Crippen LogP contribution in [0.4, 0.5) is 5.69 Å². The van der Waals surface area contributed by atoms with Gasteiger partial charge < -0.3 is 5.32 Å². The van der Waals surface area contributed by atoms with E-state index in [0.717, 1.165) is 11.3 Å². The van der Waals surface area contributed by atoms with Crippen LogP contribution in [0.1, 0.15) is 39.2 Å². The van der Waals surface area contributed by atoms with Crippen LogP contribution in [0.2, 0.25) is 5.15 Å². The van der Waals surface area contributed by atoms with E-state index in [1.165, 1.54) is 0 Å². The third kappa shape index (κ3) is 2.61. The molecule has 0 aliphatic heterocycles. The quantitative estimate of drug-likeness (QED) is 0.774. The average molecular weight is 213 g/mol. The molecule has 0 saturated carbocycles. The molecule has 1 N–H and O–H groups in total. The molecular weight excluding hydrogens is 196 g/mol. The molecule has 0 atom stereocenters. The maximum absolute atomic E-state index is 6.06. The highest BCUT2D eigenvalue weighted by molar-refractivity contribution is 6.30. The summed E-state index contributed by atoms with van der Waals surface area (Å²) in [5.41, 5.74) is 2.19. The van der Waals surface area contributed by atoms with Gasteiger partial charge in [0.15, 0.2) is 0 Å². The van der Waals surface area contributed by atoms with Crippen LogP contribution in [0.25, 0.3) is 0 Å². The lowest BCUT2D eigenvalue weighted by atomic mass is 10.0. The first-order chi connectivity index (χ1) is 6.52. The van der Waals surface area contributed by atoms with Crippen LogP contribution >= 0.6 is 11.6 Å². The van der Waals surface area contributed by atoms with E-state index in [-0.39, 0.29) is 0 Å². The lowest BCUT2D eigenvalue weighted by molar-refractivity contribution is 0.840. The van der Waals surface area contributed by atoms with Crippen molar-refractivity contribution in [3.8, 4) is 0 Å². The van der Waals surface area contributed by atoms with Gasteiger partial charge in [0.1, 0.15) is 5.15 Å². The summed E-state index contributed by atoms with van der Waals surface area (Å²) in [6.07, 6.45) is 1.74. The van der Waals surface area contributed by atoms with Gasteiger partial charge in [-0.1, -0.05) is 25.4 Å². The Morgan fingerprint density at radius 1 is 1.29 bits per heavy atom. The van der Waals surface area contributed by atoms with Crippen molar-refractivity contribution in [1.29, 1.82) is 0 Å². The highest BCUT2D eigenvalue weighted by Crippen LogP contribution is 2.29. The molecule has 3 heteroatoms. The molecule has 0 bridgehead atoms. The van der Waals surface area contributed by atoms with E-state index < -0.39 is 0 Å². The van der Waals surface area contributed by atoms with Gasteiger partial charge in [0, 0.05) is 23.5 Å². The third-order valence-corrected chi connectivity index (χ3v) is 2.26. The highest BCUT2D eigenvalue weighted by Gasteiger charge is 2.11. The summed E-state index contributed by atoms with van der Waals surface area (Å²) in [6, 6.07) is 2.38. The molecule has 1 rings (SSSR count). The zero-order valence-electron chi connectivity index (χ0n) is 9.13. The number of rotatable bonds is 3. The van der Waals surface area contributed by atoms with E-state index in [4.69, 9.17) is 11.6 Å². The van der Waals surface area contributed by atoms with Crippen molar-refractivity contribution < 1.29 is 0 Å². The first-order valence-corrected chi connectivity index (χ1v) is 5.31. The van der Waals surface area contributed by atoms with Crippen molar-refractivity contribution >= 4 is 17.3 Å². The van der Waals surface area contributed by atoms with Crippen LogP contribution in [0.3, 0.4) is 0 Å². The molecule has 14 heavy (non-hydrogen) atoms. The largest absolute Gasteiger partial charge is 0.383 e. The van der Waals surface area contributed by atoms with Crippen molar-refractivity contribution in [2.24, 2.45) is 0 Å². The maximum Gasteiger partial charge on any atom is 0.134 e. The number of nitrogens with zero attached hydrogens (tertiary/aromatic N) is 1. The Kier molecular flexibility index (Phi) is 3.76. The molecule has 0 aromatic carbocycles. The number of nitrogens with one attached hydrogen (secondary N) is 1. The maximum atomic E-state index is 6.06. The van der Waals surface area contributed by atoms with Gasteiger partial charge in [0.05, 0.1) is 0 Å². The van der Waals surface area contributed by atoms with Gasteiger partial charge in [-0.2, -0.15) is 0 Å². The minimum atomic E-state index is 0.387. The van der Waals surface area contributed by atoms with Crippen LogP contribution in [-0.2, 0) is 0 Å². The molecule has 2 nitrogen and oxygen atoms in total. The lowest BCUT2D eigenvalue weighted by Gasteiger charge is -2.17. The summed E-state index contributed by atoms with van der Waals surface area (Å²) < 4.78 is 0. The van der Waals surface area contributed by atoms with E-state index in [9.17, 15) is 0 Å². The van der Waals surface area contributed by atoms with Gasteiger partial charge in [-0.25, -0.2) is 4.98 Å². The molecule has 0 aliphatic carbocycles. The molecule has 0 spiro atoms. The Balaban J connectivity index is 3.08. The fourth-order valence-corrected chi connectivity index (χ4v) is 1.81. The predicted octanol–water partition coefficient (Wildman–Crippen LogP) is 3.68. The van der Waals surface area contributed by atoms with Gasteiger partial charge in [-0.3, -0.25) is 0 Å². The van der Waals surface area contributed by atoms with Gasteiger partial charge in [0.2, 0.25) is 0 Å². The number of anilines is 1. The topological polar surface area (TPSA) is 24.9 Å². The molecule has 1 aromatic rings. The van der Waals surface area contributed by atoms with Crippen LogP contribution in [0.5, 0.6) is 0 Å². The molecule has 0 fully saturated rings. The van der Waals surface area contributed by atoms with E-state index in [1.807, 2.05) is 6.07 Å². The molecule has 0 radical (unpaired) electrons. The number of pyridine rings is 1. The first-order valence-electron chi connectivity index (χ1n) is 4.93. The van der Waals surface area contributed by atoms with Gasteiger partial charge in [0.25, 0.3) is 0 Å². The van der Waals surface area contributed by atoms with E-state index in [2.05, 4.69) is 38.0 Å². The van der Waals surface area contributed by atoms with Crippen LogP contribution in [0.15, 0.2) is 12.3 Å². The minimum Gasteiger partial charge on any atom is -0.383 e. The normalized spacial score (nSPS) is 11.1. The van der Waals surface area contributed by atoms with E-state index in [1.54, 1.807) is 6.20 Å². The lowest BCUT2D eigenvalue weighted by Crippen LogP contribution is -2.12. The second kappa shape index (κ2) is 4.65. The number of hydrogen-bond donors (Lipinski definition) is 1. The van der Waals surface area contributed by atoms with Crippen LogP contribution < -0.4 is 5.32 Å². The summed E-state index contributed by atoms with van der Waals surface area (Å²) in [5, 5.41) is 3.97. The molecule has 78 valence electrons.